The molecule has 102 valence electrons. The topological polar surface area (TPSA) is 46.2 Å². The molecular weight excluding hydrogens is 234 g/mol. The predicted octanol–water partition coefficient (Wildman–Crippen LogP) is 2.23. The van der Waals surface area contributed by atoms with Crippen molar-refractivity contribution in [1.29, 1.82) is 0 Å². The highest BCUT2D eigenvalue weighted by Gasteiger charge is 2.26. The van der Waals surface area contributed by atoms with Gasteiger partial charge in [-0.1, -0.05) is 33.6 Å². The van der Waals surface area contributed by atoms with Crippen molar-refractivity contribution in [2.24, 2.45) is 11.8 Å². The Balaban J connectivity index is 2.31. The lowest BCUT2D eigenvalue weighted by molar-refractivity contribution is 0.209. The fraction of sp³-hybridized carbons (Fsp3) is 1.00. The monoisotopic (exact) mass is 261 g/mol. The molecule has 0 heterocycles. The molecule has 0 amide bonds. The van der Waals surface area contributed by atoms with E-state index in [1.807, 2.05) is 6.92 Å². The molecule has 0 bridgehead atoms. The predicted molar refractivity (Wildman–Crippen MR) is 72.9 cm³/mol. The summed E-state index contributed by atoms with van der Waals surface area (Å²) in [5, 5.41) is 3.44. The quantitative estimate of drug-likeness (QED) is 0.797. The van der Waals surface area contributed by atoms with E-state index in [1.165, 1.54) is 19.3 Å². The van der Waals surface area contributed by atoms with Gasteiger partial charge in [-0.25, -0.2) is 8.42 Å². The second-order valence-corrected chi connectivity index (χ2v) is 7.78. The summed E-state index contributed by atoms with van der Waals surface area (Å²) in [7, 11) is -2.83. The zero-order valence-electron chi connectivity index (χ0n) is 11.4. The molecule has 1 aliphatic rings. The van der Waals surface area contributed by atoms with Crippen molar-refractivity contribution in [2.45, 2.75) is 52.5 Å². The highest BCUT2D eigenvalue weighted by molar-refractivity contribution is 7.91. The molecule has 4 heteroatoms. The van der Waals surface area contributed by atoms with Crippen molar-refractivity contribution in [2.75, 3.05) is 18.1 Å². The molecule has 0 aromatic rings. The first-order chi connectivity index (χ1) is 7.96. The van der Waals surface area contributed by atoms with E-state index in [0.717, 1.165) is 12.3 Å². The molecule has 1 N–H and O–H groups in total. The fourth-order valence-electron chi connectivity index (χ4n) is 2.68. The van der Waals surface area contributed by atoms with Crippen LogP contribution in [0.4, 0.5) is 0 Å². The van der Waals surface area contributed by atoms with Crippen LogP contribution in [-0.2, 0) is 9.84 Å². The molecule has 1 aliphatic carbocycles. The minimum Gasteiger partial charge on any atom is -0.313 e. The molecule has 3 atom stereocenters. The highest BCUT2D eigenvalue weighted by atomic mass is 32.2. The zero-order valence-corrected chi connectivity index (χ0v) is 12.2. The third-order valence-electron chi connectivity index (χ3n) is 4.04. The van der Waals surface area contributed by atoms with Crippen LogP contribution in [0.15, 0.2) is 0 Å². The lowest BCUT2D eigenvalue weighted by Gasteiger charge is -2.34. The van der Waals surface area contributed by atoms with Crippen LogP contribution in [0.3, 0.4) is 0 Å². The molecule has 0 aromatic carbocycles. The van der Waals surface area contributed by atoms with Crippen molar-refractivity contribution >= 4 is 9.84 Å². The molecule has 0 spiro atoms. The number of hydrogen-bond acceptors (Lipinski definition) is 3. The van der Waals surface area contributed by atoms with Crippen molar-refractivity contribution in [3.05, 3.63) is 0 Å². The van der Waals surface area contributed by atoms with Gasteiger partial charge < -0.3 is 5.32 Å². The molecular formula is C13H27NO2S. The first-order valence-electron chi connectivity index (χ1n) is 6.90. The molecule has 1 rings (SSSR count). The van der Waals surface area contributed by atoms with Gasteiger partial charge in [0.15, 0.2) is 9.84 Å². The summed E-state index contributed by atoms with van der Waals surface area (Å²) < 4.78 is 23.2. The standard InChI is InChI=1S/C13H27NO2S/c1-4-9-17(15,16)10-8-14-13-7-5-6-11(2)12(13)3/h11-14H,4-10H2,1-3H3. The van der Waals surface area contributed by atoms with Crippen LogP contribution in [0.5, 0.6) is 0 Å². The summed E-state index contributed by atoms with van der Waals surface area (Å²) in [6.45, 7) is 7.11. The molecule has 3 unspecified atom stereocenters. The van der Waals surface area contributed by atoms with Crippen LogP contribution < -0.4 is 5.32 Å². The summed E-state index contributed by atoms with van der Waals surface area (Å²) in [5.74, 6) is 2.04. The van der Waals surface area contributed by atoms with E-state index in [-0.39, 0.29) is 0 Å². The second-order valence-electron chi connectivity index (χ2n) is 5.48. The molecule has 1 saturated carbocycles. The van der Waals surface area contributed by atoms with Crippen LogP contribution in [0, 0.1) is 11.8 Å². The maximum absolute atomic E-state index is 11.6. The highest BCUT2D eigenvalue weighted by Crippen LogP contribution is 2.29. The Morgan fingerprint density at radius 3 is 2.53 bits per heavy atom. The van der Waals surface area contributed by atoms with Crippen LogP contribution in [0.1, 0.15) is 46.5 Å². The normalized spacial score (nSPS) is 30.4. The van der Waals surface area contributed by atoms with Gasteiger partial charge in [-0.15, -0.1) is 0 Å². The first-order valence-corrected chi connectivity index (χ1v) is 8.72. The Labute approximate surface area is 106 Å². The van der Waals surface area contributed by atoms with Gasteiger partial charge in [-0.3, -0.25) is 0 Å². The van der Waals surface area contributed by atoms with Crippen molar-refractivity contribution in [3.63, 3.8) is 0 Å². The third-order valence-corrected chi connectivity index (χ3v) is 5.90. The van der Waals surface area contributed by atoms with Gasteiger partial charge in [0.2, 0.25) is 0 Å². The Morgan fingerprint density at radius 2 is 1.88 bits per heavy atom. The lowest BCUT2D eigenvalue weighted by Crippen LogP contribution is -2.42. The minimum absolute atomic E-state index is 0.290. The van der Waals surface area contributed by atoms with Gasteiger partial charge in [0.05, 0.1) is 5.75 Å². The van der Waals surface area contributed by atoms with E-state index in [4.69, 9.17) is 0 Å². The van der Waals surface area contributed by atoms with Gasteiger partial charge in [-0.2, -0.15) is 0 Å². The Hall–Kier alpha value is -0.0900. The smallest absolute Gasteiger partial charge is 0.151 e. The maximum Gasteiger partial charge on any atom is 0.151 e. The number of sulfone groups is 1. The molecule has 0 saturated heterocycles. The van der Waals surface area contributed by atoms with E-state index in [1.54, 1.807) is 0 Å². The third kappa shape index (κ3) is 4.96. The van der Waals surface area contributed by atoms with Gasteiger partial charge in [-0.05, 0) is 24.7 Å². The number of rotatable bonds is 6. The van der Waals surface area contributed by atoms with E-state index >= 15 is 0 Å². The summed E-state index contributed by atoms with van der Waals surface area (Å²) in [4.78, 5) is 0. The summed E-state index contributed by atoms with van der Waals surface area (Å²) in [5.41, 5.74) is 0. The molecule has 17 heavy (non-hydrogen) atoms. The van der Waals surface area contributed by atoms with Crippen LogP contribution in [0.2, 0.25) is 0 Å². The summed E-state index contributed by atoms with van der Waals surface area (Å²) >= 11 is 0. The van der Waals surface area contributed by atoms with Gasteiger partial charge in [0.1, 0.15) is 0 Å². The van der Waals surface area contributed by atoms with E-state index in [9.17, 15) is 8.42 Å². The SMILES string of the molecule is CCCS(=O)(=O)CCNC1CCCC(C)C1C. The summed E-state index contributed by atoms with van der Waals surface area (Å²) in [6, 6.07) is 0.510. The number of hydrogen-bond donors (Lipinski definition) is 1. The first kappa shape index (κ1) is 15.0. The van der Waals surface area contributed by atoms with Gasteiger partial charge >= 0.3 is 0 Å². The largest absolute Gasteiger partial charge is 0.313 e. The van der Waals surface area contributed by atoms with Crippen molar-refractivity contribution in [1.82, 2.24) is 5.32 Å². The molecule has 0 aromatic heterocycles. The zero-order chi connectivity index (χ0) is 12.9. The molecule has 0 aliphatic heterocycles. The Morgan fingerprint density at radius 1 is 1.18 bits per heavy atom. The van der Waals surface area contributed by atoms with Crippen LogP contribution >= 0.6 is 0 Å². The van der Waals surface area contributed by atoms with Gasteiger partial charge in [0, 0.05) is 18.3 Å². The molecule has 3 nitrogen and oxygen atoms in total. The minimum atomic E-state index is -2.83. The van der Waals surface area contributed by atoms with Crippen molar-refractivity contribution in [3.8, 4) is 0 Å². The summed E-state index contributed by atoms with van der Waals surface area (Å²) in [6.07, 6.45) is 4.50. The van der Waals surface area contributed by atoms with Crippen LogP contribution in [-0.4, -0.2) is 32.5 Å². The second kappa shape index (κ2) is 6.74. The average molecular weight is 261 g/mol. The Kier molecular flexibility index (Phi) is 5.93. The van der Waals surface area contributed by atoms with Crippen molar-refractivity contribution < 1.29 is 8.42 Å². The van der Waals surface area contributed by atoms with E-state index in [0.29, 0.717) is 30.0 Å². The molecule has 1 fully saturated rings. The maximum atomic E-state index is 11.6. The average Bonchev–Trinajstić information content (AvgIpc) is 2.24. The van der Waals surface area contributed by atoms with Gasteiger partial charge in [0.25, 0.3) is 0 Å². The molecule has 0 radical (unpaired) electrons. The lowest BCUT2D eigenvalue weighted by atomic mass is 9.78. The Bertz CT molecular complexity index is 313. The number of nitrogens with one attached hydrogen (secondary N) is 1. The van der Waals surface area contributed by atoms with E-state index < -0.39 is 9.84 Å². The fourth-order valence-corrected chi connectivity index (χ4v) is 3.94. The van der Waals surface area contributed by atoms with E-state index in [2.05, 4.69) is 19.2 Å². The van der Waals surface area contributed by atoms with Crippen LogP contribution in [0.25, 0.3) is 0 Å².